The Hall–Kier alpha value is -2.28. The Bertz CT molecular complexity index is 677. The summed E-state index contributed by atoms with van der Waals surface area (Å²) < 4.78 is 7.54. The van der Waals surface area contributed by atoms with Crippen LogP contribution in [-0.2, 0) is 11.8 Å². The second-order valence-corrected chi connectivity index (χ2v) is 5.48. The third-order valence-corrected chi connectivity index (χ3v) is 3.76. The molecule has 3 heterocycles. The van der Waals surface area contributed by atoms with E-state index in [4.69, 9.17) is 4.74 Å². The summed E-state index contributed by atoms with van der Waals surface area (Å²) >= 11 is 0. The molecular weight excluding hydrogens is 282 g/mol. The number of hydrogen-bond donors (Lipinski definition) is 1. The topological polar surface area (TPSA) is 81.9 Å². The number of rotatable bonds is 3. The molecular formula is C15H19N5O2. The van der Waals surface area contributed by atoms with E-state index in [1.165, 1.54) is 0 Å². The molecule has 2 atom stereocenters. The molecule has 7 nitrogen and oxygen atoms in total. The quantitative estimate of drug-likeness (QED) is 0.917. The zero-order chi connectivity index (χ0) is 15.7. The molecule has 0 bridgehead atoms. The smallest absolute Gasteiger partial charge is 0.270 e. The predicted octanol–water partition coefficient (Wildman–Crippen LogP) is 1.09. The van der Waals surface area contributed by atoms with E-state index in [1.54, 1.807) is 23.9 Å². The fourth-order valence-corrected chi connectivity index (χ4v) is 2.77. The number of nitrogens with zero attached hydrogens (tertiary/aromatic N) is 4. The number of aryl methyl sites for hydroxylation is 3. The summed E-state index contributed by atoms with van der Waals surface area (Å²) in [5, 5.41) is 7.18. The van der Waals surface area contributed by atoms with E-state index in [1.807, 2.05) is 20.0 Å². The fraction of sp³-hybridized carbons (Fsp3) is 0.467. The van der Waals surface area contributed by atoms with Crippen LogP contribution in [0.15, 0.2) is 18.3 Å². The summed E-state index contributed by atoms with van der Waals surface area (Å²) in [5.74, 6) is 0.396. The lowest BCUT2D eigenvalue weighted by atomic mass is 10.1. The summed E-state index contributed by atoms with van der Waals surface area (Å²) in [6.45, 7) is 4.24. The highest BCUT2D eigenvalue weighted by Gasteiger charge is 2.33. The lowest BCUT2D eigenvalue weighted by Gasteiger charge is -2.20. The zero-order valence-electron chi connectivity index (χ0n) is 12.9. The first kappa shape index (κ1) is 14.6. The summed E-state index contributed by atoms with van der Waals surface area (Å²) in [7, 11) is 1.87. The average Bonchev–Trinajstić information content (AvgIpc) is 3.06. The summed E-state index contributed by atoms with van der Waals surface area (Å²) in [6, 6.07) is 3.52. The van der Waals surface area contributed by atoms with Gasteiger partial charge in [-0.2, -0.15) is 5.10 Å². The van der Waals surface area contributed by atoms with Gasteiger partial charge in [0.1, 0.15) is 17.6 Å². The number of carbonyl (C=O) groups excluding carboxylic acids is 1. The molecule has 0 unspecified atom stereocenters. The Kier molecular flexibility index (Phi) is 3.89. The molecule has 0 spiro atoms. The Morgan fingerprint density at radius 1 is 1.41 bits per heavy atom. The van der Waals surface area contributed by atoms with Gasteiger partial charge in [-0.3, -0.25) is 9.48 Å². The Morgan fingerprint density at radius 3 is 2.91 bits per heavy atom. The minimum Gasteiger partial charge on any atom is -0.370 e. The van der Waals surface area contributed by atoms with Crippen molar-refractivity contribution in [3.63, 3.8) is 0 Å². The molecule has 2 aromatic rings. The minimum absolute atomic E-state index is 0.0847. The van der Waals surface area contributed by atoms with Crippen LogP contribution in [0.25, 0.3) is 0 Å². The van der Waals surface area contributed by atoms with Crippen LogP contribution in [0.1, 0.15) is 40.2 Å². The van der Waals surface area contributed by atoms with E-state index in [9.17, 15) is 4.79 Å². The number of ether oxygens (including phenoxy) is 1. The van der Waals surface area contributed by atoms with E-state index in [0.29, 0.717) is 18.1 Å². The first-order chi connectivity index (χ1) is 10.5. The lowest BCUT2D eigenvalue weighted by Crippen LogP contribution is -2.38. The van der Waals surface area contributed by atoms with Gasteiger partial charge in [-0.05, 0) is 32.4 Å². The van der Waals surface area contributed by atoms with Crippen molar-refractivity contribution in [1.82, 2.24) is 25.1 Å². The Labute approximate surface area is 128 Å². The molecule has 1 fully saturated rings. The van der Waals surface area contributed by atoms with E-state index >= 15 is 0 Å². The Balaban J connectivity index is 1.77. The molecule has 0 aliphatic carbocycles. The van der Waals surface area contributed by atoms with E-state index < -0.39 is 0 Å². The molecule has 7 heteroatoms. The lowest BCUT2D eigenvalue weighted by molar-refractivity contribution is 0.0789. The minimum atomic E-state index is -0.198. The highest BCUT2D eigenvalue weighted by atomic mass is 16.5. The molecule has 1 aliphatic heterocycles. The van der Waals surface area contributed by atoms with Crippen LogP contribution in [0.4, 0.5) is 0 Å². The van der Waals surface area contributed by atoms with Gasteiger partial charge in [-0.25, -0.2) is 9.97 Å². The molecule has 1 N–H and O–H groups in total. The van der Waals surface area contributed by atoms with Gasteiger partial charge in [0.05, 0.1) is 11.7 Å². The maximum atomic E-state index is 12.4. The predicted molar refractivity (Wildman–Crippen MR) is 79.3 cm³/mol. The normalized spacial score (nSPS) is 21.0. The largest absolute Gasteiger partial charge is 0.370 e. The monoisotopic (exact) mass is 301 g/mol. The van der Waals surface area contributed by atoms with E-state index in [0.717, 1.165) is 17.8 Å². The van der Waals surface area contributed by atoms with Crippen LogP contribution < -0.4 is 5.32 Å². The van der Waals surface area contributed by atoms with Gasteiger partial charge in [0.25, 0.3) is 5.91 Å². The van der Waals surface area contributed by atoms with Gasteiger partial charge in [0.15, 0.2) is 0 Å². The standard InChI is InChI=1S/C15H19N5O2/c1-9-8-12(18-10(2)17-9)15(21)19-11-5-7-22-14(11)13-4-6-16-20(13)3/h4,6,8,11,14H,5,7H2,1-3H3,(H,19,21)/t11-,14-/m0/s1. The average molecular weight is 301 g/mol. The van der Waals surface area contributed by atoms with Crippen LogP contribution in [-0.4, -0.2) is 38.3 Å². The van der Waals surface area contributed by atoms with Crippen molar-refractivity contribution in [3.8, 4) is 0 Å². The molecule has 2 aromatic heterocycles. The number of amides is 1. The Morgan fingerprint density at radius 2 is 2.23 bits per heavy atom. The molecule has 3 rings (SSSR count). The van der Waals surface area contributed by atoms with Crippen molar-refractivity contribution in [2.24, 2.45) is 7.05 Å². The van der Waals surface area contributed by atoms with Crippen LogP contribution >= 0.6 is 0 Å². The maximum Gasteiger partial charge on any atom is 0.270 e. The van der Waals surface area contributed by atoms with Gasteiger partial charge in [-0.15, -0.1) is 0 Å². The second-order valence-electron chi connectivity index (χ2n) is 5.48. The van der Waals surface area contributed by atoms with Crippen molar-refractivity contribution in [2.75, 3.05) is 6.61 Å². The number of carbonyl (C=O) groups is 1. The molecule has 0 radical (unpaired) electrons. The third-order valence-electron chi connectivity index (χ3n) is 3.76. The second kappa shape index (κ2) is 5.84. The van der Waals surface area contributed by atoms with Crippen LogP contribution in [0.5, 0.6) is 0 Å². The van der Waals surface area contributed by atoms with Crippen LogP contribution in [0.2, 0.25) is 0 Å². The molecule has 22 heavy (non-hydrogen) atoms. The van der Waals surface area contributed by atoms with Crippen LogP contribution in [0.3, 0.4) is 0 Å². The highest BCUT2D eigenvalue weighted by Crippen LogP contribution is 2.28. The van der Waals surface area contributed by atoms with Gasteiger partial charge in [0.2, 0.25) is 0 Å². The van der Waals surface area contributed by atoms with Gasteiger partial charge >= 0.3 is 0 Å². The van der Waals surface area contributed by atoms with Crippen LogP contribution in [0, 0.1) is 13.8 Å². The first-order valence-corrected chi connectivity index (χ1v) is 7.27. The number of hydrogen-bond acceptors (Lipinski definition) is 5. The molecule has 0 aromatic carbocycles. The molecule has 1 amide bonds. The van der Waals surface area contributed by atoms with Crippen molar-refractivity contribution in [1.29, 1.82) is 0 Å². The molecule has 1 aliphatic rings. The van der Waals surface area contributed by atoms with Crippen molar-refractivity contribution in [3.05, 3.63) is 41.2 Å². The summed E-state index contributed by atoms with van der Waals surface area (Å²) in [5.41, 5.74) is 2.13. The summed E-state index contributed by atoms with van der Waals surface area (Å²) in [6.07, 6.45) is 2.32. The molecule has 116 valence electrons. The van der Waals surface area contributed by atoms with Gasteiger partial charge in [0, 0.05) is 25.5 Å². The SMILES string of the molecule is Cc1cc(C(=O)N[C@H]2CCO[C@@H]2c2ccnn2C)nc(C)n1. The highest BCUT2D eigenvalue weighted by molar-refractivity contribution is 5.92. The third kappa shape index (κ3) is 2.85. The first-order valence-electron chi connectivity index (χ1n) is 7.27. The van der Waals surface area contributed by atoms with Gasteiger partial charge in [-0.1, -0.05) is 0 Å². The maximum absolute atomic E-state index is 12.4. The molecule has 1 saturated heterocycles. The molecule has 0 saturated carbocycles. The summed E-state index contributed by atoms with van der Waals surface area (Å²) in [4.78, 5) is 20.8. The van der Waals surface area contributed by atoms with Gasteiger partial charge < -0.3 is 10.1 Å². The van der Waals surface area contributed by atoms with Crippen molar-refractivity contribution in [2.45, 2.75) is 32.4 Å². The number of aromatic nitrogens is 4. The zero-order valence-corrected chi connectivity index (χ0v) is 12.9. The fourth-order valence-electron chi connectivity index (χ4n) is 2.77. The van der Waals surface area contributed by atoms with E-state index in [2.05, 4.69) is 20.4 Å². The van der Waals surface area contributed by atoms with Crippen molar-refractivity contribution < 1.29 is 9.53 Å². The number of nitrogens with one attached hydrogen (secondary N) is 1. The van der Waals surface area contributed by atoms with E-state index in [-0.39, 0.29) is 18.1 Å². The van der Waals surface area contributed by atoms with Crippen molar-refractivity contribution >= 4 is 5.91 Å².